The van der Waals surface area contributed by atoms with Crippen molar-refractivity contribution < 1.29 is 17.4 Å². The molecule has 3 aromatic carbocycles. The maximum atomic E-state index is 2.77. The quantitative estimate of drug-likeness (QED) is 0.279. The van der Waals surface area contributed by atoms with Gasteiger partial charge in [0.1, 0.15) is 0 Å². The standard InChI is InChI=1S/2C13H15.C6H5.CH3.H2Si.Zr/c2*1-9(2)12-6-4-5-11-7-10(3)8-13(11)12;1-2-4-6-5-3-1;;;/h2*4-9H,1-3H3;1-5H;1H3;1H2;. The first-order valence-electron chi connectivity index (χ1n) is 13.3. The average Bonchev–Trinajstić information content (AvgIpc) is 3.35. The van der Waals surface area contributed by atoms with Crippen LogP contribution in [0.15, 0.2) is 77.9 Å². The summed E-state index contributed by atoms with van der Waals surface area (Å²) in [5, 5.41) is 0. The third kappa shape index (κ3) is 3.62. The molecule has 0 radical (unpaired) electrons. The van der Waals surface area contributed by atoms with Crippen molar-refractivity contribution in [2.24, 2.45) is 0 Å². The van der Waals surface area contributed by atoms with Crippen LogP contribution in [0, 0.1) is 0 Å². The van der Waals surface area contributed by atoms with Crippen molar-refractivity contribution >= 4 is 22.3 Å². The normalized spacial score (nSPS) is 19.6. The Morgan fingerprint density at radius 3 is 1.46 bits per heavy atom. The zero-order chi connectivity index (χ0) is 25.1. The van der Waals surface area contributed by atoms with E-state index >= 15 is 0 Å². The molecule has 35 heavy (non-hydrogen) atoms. The molecule has 0 aromatic heterocycles. The molecule has 2 aliphatic rings. The molecular formula is C33H40SiZr. The van der Waals surface area contributed by atoms with Gasteiger partial charge in [-0.25, -0.2) is 0 Å². The van der Waals surface area contributed by atoms with Crippen LogP contribution in [-0.4, -0.2) is 6.88 Å². The van der Waals surface area contributed by atoms with Crippen LogP contribution in [0.4, 0.5) is 0 Å². The van der Waals surface area contributed by atoms with Gasteiger partial charge < -0.3 is 0 Å². The number of allylic oxidation sites excluding steroid dienone is 2. The van der Waals surface area contributed by atoms with Crippen LogP contribution in [0.2, 0.25) is 4.63 Å². The van der Waals surface area contributed by atoms with E-state index in [1.54, 1.807) is 25.5 Å². The Balaban J connectivity index is 1.85. The number of rotatable bonds is 5. The minimum atomic E-state index is -3.88. The molecule has 0 fully saturated rings. The van der Waals surface area contributed by atoms with E-state index in [1.165, 1.54) is 22.3 Å². The molecule has 0 N–H and O–H groups in total. The van der Waals surface area contributed by atoms with E-state index in [0.717, 1.165) is 0 Å². The van der Waals surface area contributed by atoms with E-state index in [-0.39, 0.29) is 0 Å². The molecule has 0 aliphatic heterocycles. The van der Waals surface area contributed by atoms with Crippen molar-refractivity contribution in [1.82, 2.24) is 0 Å². The van der Waals surface area contributed by atoms with Crippen molar-refractivity contribution in [3.63, 3.8) is 0 Å². The van der Waals surface area contributed by atoms with Gasteiger partial charge in [-0.15, -0.1) is 0 Å². The van der Waals surface area contributed by atoms with Crippen LogP contribution >= 0.6 is 0 Å². The van der Waals surface area contributed by atoms with Gasteiger partial charge in [0.15, 0.2) is 0 Å². The second-order valence-electron chi connectivity index (χ2n) is 12.2. The van der Waals surface area contributed by atoms with Gasteiger partial charge in [-0.2, -0.15) is 0 Å². The maximum absolute atomic E-state index is 3.88. The molecule has 3 aromatic rings. The summed E-state index contributed by atoms with van der Waals surface area (Å²) >= 11 is -3.88. The van der Waals surface area contributed by atoms with E-state index in [4.69, 9.17) is 0 Å². The molecule has 0 saturated carbocycles. The van der Waals surface area contributed by atoms with E-state index in [2.05, 4.69) is 132 Å². The van der Waals surface area contributed by atoms with Crippen molar-refractivity contribution in [2.45, 2.75) is 65.3 Å². The van der Waals surface area contributed by atoms with E-state index in [0.29, 0.717) is 19.1 Å². The van der Waals surface area contributed by atoms with Crippen molar-refractivity contribution in [3.05, 3.63) is 111 Å². The molecule has 0 amide bonds. The van der Waals surface area contributed by atoms with Gasteiger partial charge in [-0.05, 0) is 0 Å². The van der Waals surface area contributed by atoms with E-state index in [9.17, 15) is 0 Å². The zero-order valence-electron chi connectivity index (χ0n) is 22.5. The van der Waals surface area contributed by atoms with Crippen LogP contribution < -0.4 is 3.27 Å². The van der Waals surface area contributed by atoms with Gasteiger partial charge in [0.2, 0.25) is 0 Å². The zero-order valence-corrected chi connectivity index (χ0v) is 26.4. The number of fused-ring (bicyclic) bond motifs is 2. The van der Waals surface area contributed by atoms with Crippen molar-refractivity contribution in [1.29, 1.82) is 0 Å². The first-order valence-corrected chi connectivity index (χ1v) is 25.7. The average molecular weight is 556 g/mol. The second kappa shape index (κ2) is 8.67. The molecule has 2 atom stereocenters. The first-order chi connectivity index (χ1) is 16.5. The summed E-state index contributed by atoms with van der Waals surface area (Å²) in [6.45, 7) is 16.6. The topological polar surface area (TPSA) is 0 Å². The van der Waals surface area contributed by atoms with E-state index in [1.807, 2.05) is 0 Å². The fraction of sp³-hybridized carbons (Fsp3) is 0.333. The molecule has 0 heterocycles. The van der Waals surface area contributed by atoms with Crippen molar-refractivity contribution in [2.75, 3.05) is 0 Å². The Labute approximate surface area is 215 Å². The molecule has 0 spiro atoms. The molecule has 0 nitrogen and oxygen atoms in total. The Hall–Kier alpha value is -1.76. The molecule has 2 unspecified atom stereocenters. The summed E-state index contributed by atoms with van der Waals surface area (Å²) in [6, 6.07) is 25.9. The third-order valence-electron chi connectivity index (χ3n) is 9.08. The Morgan fingerprint density at radius 1 is 0.629 bits per heavy atom. The van der Waals surface area contributed by atoms with Crippen molar-refractivity contribution in [3.8, 4) is 0 Å². The summed E-state index contributed by atoms with van der Waals surface area (Å²) in [4.78, 5) is 0. The first kappa shape index (κ1) is 24.9. The monoisotopic (exact) mass is 554 g/mol. The van der Waals surface area contributed by atoms with Crippen LogP contribution in [-0.2, 0) is 17.4 Å². The molecule has 180 valence electrons. The molecular weight excluding hydrogens is 516 g/mol. The number of hydrogen-bond acceptors (Lipinski definition) is 0. The van der Waals surface area contributed by atoms with Gasteiger partial charge >= 0.3 is 216 Å². The molecule has 0 bridgehead atoms. The summed E-state index contributed by atoms with van der Waals surface area (Å²) in [7, 11) is 0. The third-order valence-corrected chi connectivity index (χ3v) is 32.9. The minimum absolute atomic E-state index is 0.507. The van der Waals surface area contributed by atoms with E-state index < -0.39 is 17.4 Å². The number of hydrogen-bond donors (Lipinski definition) is 0. The predicted octanol–water partition coefficient (Wildman–Crippen LogP) is 8.16. The summed E-state index contributed by atoms with van der Waals surface area (Å²) in [5.74, 6) is 1.06. The fourth-order valence-corrected chi connectivity index (χ4v) is 32.9. The number of benzene rings is 3. The summed E-state index contributed by atoms with van der Waals surface area (Å²) < 4.78 is 5.42. The fourth-order valence-electron chi connectivity index (χ4n) is 7.71. The SMILES string of the molecule is CC1=Cc2c(C(C)C)cccc2[CH]1[Zr]([CH3])(=[SiH2])([c]1ccccc1)[CH]1C(C)=Cc2c(C(C)C)cccc21. The molecule has 5 rings (SSSR count). The Morgan fingerprint density at radius 2 is 1.06 bits per heavy atom. The summed E-state index contributed by atoms with van der Waals surface area (Å²) in [6.07, 6.45) is 5.09. The van der Waals surface area contributed by atoms with Gasteiger partial charge in [-0.3, -0.25) is 0 Å². The predicted molar refractivity (Wildman–Crippen MR) is 154 cm³/mol. The van der Waals surface area contributed by atoms with Gasteiger partial charge in [0.25, 0.3) is 0 Å². The summed E-state index contributed by atoms with van der Waals surface area (Å²) in [5.41, 5.74) is 12.3. The second-order valence-corrected chi connectivity index (χ2v) is 38.5. The Kier molecular flexibility index (Phi) is 6.17. The Bertz CT molecular complexity index is 1350. The molecule has 0 saturated heterocycles. The molecule has 2 aliphatic carbocycles. The molecule has 2 heteroatoms. The van der Waals surface area contributed by atoms with Crippen LogP contribution in [0.25, 0.3) is 12.2 Å². The van der Waals surface area contributed by atoms with Gasteiger partial charge in [-0.1, -0.05) is 0 Å². The van der Waals surface area contributed by atoms with Crippen LogP contribution in [0.3, 0.4) is 0 Å². The van der Waals surface area contributed by atoms with Gasteiger partial charge in [0, 0.05) is 0 Å². The van der Waals surface area contributed by atoms with Crippen LogP contribution in [0.5, 0.6) is 0 Å². The van der Waals surface area contributed by atoms with Crippen LogP contribution in [0.1, 0.15) is 94.0 Å². The van der Waals surface area contributed by atoms with Gasteiger partial charge in [0.05, 0.1) is 0 Å².